The van der Waals surface area contributed by atoms with E-state index in [0.29, 0.717) is 17.1 Å². The number of oxazole rings is 1. The van der Waals surface area contributed by atoms with Gasteiger partial charge in [-0.2, -0.15) is 0 Å². The van der Waals surface area contributed by atoms with Crippen LogP contribution in [0.4, 0.5) is 5.69 Å². The summed E-state index contributed by atoms with van der Waals surface area (Å²) in [5.41, 5.74) is 4.79. The molecule has 1 fully saturated rings. The van der Waals surface area contributed by atoms with Crippen LogP contribution in [0, 0.1) is 0 Å². The third-order valence-corrected chi connectivity index (χ3v) is 6.49. The van der Waals surface area contributed by atoms with Gasteiger partial charge in [0.25, 0.3) is 5.91 Å². The lowest BCUT2D eigenvalue weighted by molar-refractivity contribution is 0.102. The fourth-order valence-electron chi connectivity index (χ4n) is 4.61. The molecule has 0 aliphatic carbocycles. The summed E-state index contributed by atoms with van der Waals surface area (Å²) in [6.45, 7) is 5.03. The summed E-state index contributed by atoms with van der Waals surface area (Å²) in [7, 11) is 0. The maximum absolute atomic E-state index is 13.1. The average molecular weight is 499 g/mol. The highest BCUT2D eigenvalue weighted by Gasteiger charge is 2.16. The molecule has 0 atom stereocenters. The first-order valence-corrected chi connectivity index (χ1v) is 11.9. The molecule has 7 heteroatoms. The number of benzene rings is 4. The first-order valence-electron chi connectivity index (χ1n) is 11.9. The molecule has 4 aromatic carbocycles. The number of piperazine rings is 1. The normalized spacial score (nSPS) is 14.0. The van der Waals surface area contributed by atoms with E-state index < -0.39 is 0 Å². The Labute approximate surface area is 215 Å². The standard InChI is InChI=1S/C29H26N4O2.ClH/c34-28(23-11-10-21-5-1-2-6-22(21)18-23)31-25-8-4-3-7-24(25)29-32-26-12-9-20(17-27(26)35-29)19-33-15-13-30-14-16-33;/h1-12,17-18,30H,13-16,19H2,(H,31,34);1H. The molecular formula is C29H27ClN4O2. The molecule has 0 radical (unpaired) electrons. The van der Waals surface area contributed by atoms with Crippen LogP contribution in [0.1, 0.15) is 15.9 Å². The van der Waals surface area contributed by atoms with E-state index in [9.17, 15) is 4.79 Å². The van der Waals surface area contributed by atoms with Gasteiger partial charge in [0.05, 0.1) is 11.3 Å². The van der Waals surface area contributed by atoms with Crippen molar-refractivity contribution in [3.63, 3.8) is 0 Å². The minimum Gasteiger partial charge on any atom is -0.436 e. The highest BCUT2D eigenvalue weighted by Crippen LogP contribution is 2.31. The van der Waals surface area contributed by atoms with Crippen LogP contribution in [0.25, 0.3) is 33.3 Å². The summed E-state index contributed by atoms with van der Waals surface area (Å²) in [5.74, 6) is 0.325. The summed E-state index contributed by atoms with van der Waals surface area (Å²) in [5, 5.41) is 8.57. The number of rotatable bonds is 5. The van der Waals surface area contributed by atoms with Crippen molar-refractivity contribution < 1.29 is 9.21 Å². The Morgan fingerprint density at radius 1 is 0.917 bits per heavy atom. The van der Waals surface area contributed by atoms with Crippen molar-refractivity contribution in [1.82, 2.24) is 15.2 Å². The molecular weight excluding hydrogens is 472 g/mol. The van der Waals surface area contributed by atoms with Gasteiger partial charge in [-0.3, -0.25) is 9.69 Å². The van der Waals surface area contributed by atoms with Crippen LogP contribution in [0.5, 0.6) is 0 Å². The SMILES string of the molecule is Cl.O=C(Nc1ccccc1-c1nc2ccc(CN3CCNCC3)cc2o1)c1ccc2ccccc2c1. The smallest absolute Gasteiger partial charge is 0.255 e. The lowest BCUT2D eigenvalue weighted by Crippen LogP contribution is -2.42. The van der Waals surface area contributed by atoms with E-state index in [1.165, 1.54) is 5.56 Å². The quantitative estimate of drug-likeness (QED) is 0.324. The number of nitrogens with zero attached hydrogens (tertiary/aromatic N) is 2. The first kappa shape index (κ1) is 24.0. The van der Waals surface area contributed by atoms with Gasteiger partial charge in [-0.05, 0) is 52.7 Å². The van der Waals surface area contributed by atoms with Crippen LogP contribution < -0.4 is 10.6 Å². The van der Waals surface area contributed by atoms with E-state index in [-0.39, 0.29) is 18.3 Å². The zero-order valence-electron chi connectivity index (χ0n) is 19.7. The van der Waals surface area contributed by atoms with E-state index >= 15 is 0 Å². The molecule has 2 N–H and O–H groups in total. The lowest BCUT2D eigenvalue weighted by atomic mass is 10.1. The second-order valence-electron chi connectivity index (χ2n) is 8.91. The number of anilines is 1. The predicted molar refractivity (Wildman–Crippen MR) is 147 cm³/mol. The number of carbonyl (C=O) groups is 1. The highest BCUT2D eigenvalue weighted by molar-refractivity contribution is 6.08. The van der Waals surface area contributed by atoms with E-state index in [1.54, 1.807) is 0 Å². The van der Waals surface area contributed by atoms with Crippen LogP contribution in [-0.2, 0) is 6.54 Å². The van der Waals surface area contributed by atoms with Crippen LogP contribution in [0.15, 0.2) is 89.3 Å². The van der Waals surface area contributed by atoms with Crippen LogP contribution in [0.2, 0.25) is 0 Å². The minimum absolute atomic E-state index is 0. The van der Waals surface area contributed by atoms with E-state index in [0.717, 1.165) is 60.2 Å². The Morgan fingerprint density at radius 3 is 2.56 bits per heavy atom. The molecule has 6 nitrogen and oxygen atoms in total. The van der Waals surface area contributed by atoms with Gasteiger partial charge < -0.3 is 15.1 Å². The van der Waals surface area contributed by atoms with Gasteiger partial charge in [-0.15, -0.1) is 12.4 Å². The van der Waals surface area contributed by atoms with E-state index in [2.05, 4.69) is 27.7 Å². The van der Waals surface area contributed by atoms with E-state index in [1.807, 2.05) is 72.8 Å². The topological polar surface area (TPSA) is 70.4 Å². The van der Waals surface area contributed by atoms with Crippen LogP contribution in [0.3, 0.4) is 0 Å². The second-order valence-corrected chi connectivity index (χ2v) is 8.91. The van der Waals surface area contributed by atoms with Crippen LogP contribution in [-0.4, -0.2) is 42.0 Å². The van der Waals surface area contributed by atoms with Gasteiger partial charge in [0.1, 0.15) is 5.52 Å². The predicted octanol–water partition coefficient (Wildman–Crippen LogP) is 5.73. The number of hydrogen-bond acceptors (Lipinski definition) is 5. The molecule has 0 unspecified atom stereocenters. The number of carbonyl (C=O) groups excluding carboxylic acids is 1. The van der Waals surface area contributed by atoms with Gasteiger partial charge in [0.15, 0.2) is 5.58 Å². The summed E-state index contributed by atoms with van der Waals surface area (Å²) in [4.78, 5) is 20.2. The number of para-hydroxylation sites is 1. The second kappa shape index (κ2) is 10.5. The minimum atomic E-state index is -0.169. The summed E-state index contributed by atoms with van der Waals surface area (Å²) in [6, 6.07) is 27.5. The van der Waals surface area contributed by atoms with Crippen molar-refractivity contribution in [2.75, 3.05) is 31.5 Å². The molecule has 5 aromatic rings. The Balaban J connectivity index is 0.00000267. The Bertz CT molecular complexity index is 1520. The summed E-state index contributed by atoms with van der Waals surface area (Å²) in [6.07, 6.45) is 0. The molecule has 0 spiro atoms. The Hall–Kier alpha value is -3.71. The number of amides is 1. The molecule has 1 aliphatic rings. The number of nitrogens with one attached hydrogen (secondary N) is 2. The number of halogens is 1. The average Bonchev–Trinajstić information content (AvgIpc) is 3.32. The molecule has 1 aliphatic heterocycles. The molecule has 1 amide bonds. The van der Waals surface area contributed by atoms with Crippen molar-refractivity contribution >= 4 is 45.9 Å². The first-order chi connectivity index (χ1) is 17.2. The molecule has 182 valence electrons. The van der Waals surface area contributed by atoms with Gasteiger partial charge in [0.2, 0.25) is 5.89 Å². The van der Waals surface area contributed by atoms with E-state index in [4.69, 9.17) is 9.40 Å². The molecule has 1 aromatic heterocycles. The molecule has 1 saturated heterocycles. The van der Waals surface area contributed by atoms with Gasteiger partial charge in [0, 0.05) is 38.3 Å². The van der Waals surface area contributed by atoms with Crippen molar-refractivity contribution in [2.45, 2.75) is 6.54 Å². The maximum Gasteiger partial charge on any atom is 0.255 e. The van der Waals surface area contributed by atoms with Crippen LogP contribution >= 0.6 is 12.4 Å². The Morgan fingerprint density at radius 2 is 1.69 bits per heavy atom. The van der Waals surface area contributed by atoms with Crippen molar-refractivity contribution in [1.29, 1.82) is 0 Å². The van der Waals surface area contributed by atoms with Gasteiger partial charge >= 0.3 is 0 Å². The zero-order valence-corrected chi connectivity index (χ0v) is 20.6. The van der Waals surface area contributed by atoms with Gasteiger partial charge in [-0.1, -0.05) is 48.5 Å². The number of fused-ring (bicyclic) bond motifs is 2. The number of hydrogen-bond donors (Lipinski definition) is 2. The highest BCUT2D eigenvalue weighted by atomic mass is 35.5. The fourth-order valence-corrected chi connectivity index (χ4v) is 4.61. The monoisotopic (exact) mass is 498 g/mol. The lowest BCUT2D eigenvalue weighted by Gasteiger charge is -2.27. The molecule has 0 bridgehead atoms. The maximum atomic E-state index is 13.1. The molecule has 2 heterocycles. The number of aromatic nitrogens is 1. The van der Waals surface area contributed by atoms with Crippen molar-refractivity contribution in [3.05, 3.63) is 96.1 Å². The van der Waals surface area contributed by atoms with Crippen molar-refractivity contribution in [3.8, 4) is 11.5 Å². The summed E-state index contributed by atoms with van der Waals surface area (Å²) >= 11 is 0. The third-order valence-electron chi connectivity index (χ3n) is 6.49. The molecule has 6 rings (SSSR count). The van der Waals surface area contributed by atoms with Crippen molar-refractivity contribution in [2.24, 2.45) is 0 Å². The molecule has 0 saturated carbocycles. The largest absolute Gasteiger partial charge is 0.436 e. The Kier molecular flexibility index (Phi) is 7.00. The third kappa shape index (κ3) is 4.97. The molecule has 36 heavy (non-hydrogen) atoms. The van der Waals surface area contributed by atoms with Gasteiger partial charge in [-0.25, -0.2) is 4.98 Å². The summed E-state index contributed by atoms with van der Waals surface area (Å²) < 4.78 is 6.18. The zero-order chi connectivity index (χ0) is 23.6. The fraction of sp³-hybridized carbons (Fsp3) is 0.172.